The molecule has 2 aromatic rings. The molecule has 0 saturated carbocycles. The Bertz CT molecular complexity index is 677. The maximum atomic E-state index is 12.7. The van der Waals surface area contributed by atoms with Gasteiger partial charge in [0.2, 0.25) is 0 Å². The zero-order chi connectivity index (χ0) is 15.5. The van der Waals surface area contributed by atoms with Crippen LogP contribution in [0.15, 0.2) is 22.5 Å². The van der Waals surface area contributed by atoms with Crippen LogP contribution in [0.5, 0.6) is 0 Å². The van der Waals surface area contributed by atoms with Crippen molar-refractivity contribution in [1.29, 1.82) is 0 Å². The molecule has 0 saturated heterocycles. The van der Waals surface area contributed by atoms with E-state index >= 15 is 0 Å². The zero-order valence-electron chi connectivity index (χ0n) is 12.4. The van der Waals surface area contributed by atoms with Crippen LogP contribution in [0.2, 0.25) is 0 Å². The van der Waals surface area contributed by atoms with E-state index in [-0.39, 0.29) is 5.03 Å². The maximum absolute atomic E-state index is 12.7. The molecule has 0 radical (unpaired) electrons. The first-order chi connectivity index (χ1) is 9.96. The third-order valence-electron chi connectivity index (χ3n) is 3.20. The van der Waals surface area contributed by atoms with E-state index in [0.717, 1.165) is 17.1 Å². The Morgan fingerprint density at radius 1 is 1.48 bits per heavy atom. The Kier molecular flexibility index (Phi) is 5.15. The van der Waals surface area contributed by atoms with E-state index in [9.17, 15) is 8.42 Å². The average molecular weight is 328 g/mol. The Labute approximate surface area is 129 Å². The van der Waals surface area contributed by atoms with E-state index in [4.69, 9.17) is 0 Å². The summed E-state index contributed by atoms with van der Waals surface area (Å²) in [5.41, 5.74) is 1.48. The standard InChI is InChI=1S/C13H20N4O2S2/c1-4-14-8-12-10(2)15-16-13(12)21(18,19)17(3)9-11-6-5-7-20-11/h5-7,14H,4,8-9H2,1-3H3,(H,15,16). The molecule has 2 N–H and O–H groups in total. The summed E-state index contributed by atoms with van der Waals surface area (Å²) >= 11 is 1.54. The fourth-order valence-corrected chi connectivity index (χ4v) is 4.10. The number of aromatic nitrogens is 2. The molecule has 116 valence electrons. The van der Waals surface area contributed by atoms with E-state index in [1.54, 1.807) is 7.05 Å². The third-order valence-corrected chi connectivity index (χ3v) is 5.84. The highest BCUT2D eigenvalue weighted by atomic mass is 32.2. The molecular weight excluding hydrogens is 308 g/mol. The molecule has 21 heavy (non-hydrogen) atoms. The van der Waals surface area contributed by atoms with Crippen LogP contribution in [0.25, 0.3) is 0 Å². The highest BCUT2D eigenvalue weighted by Gasteiger charge is 2.28. The summed E-state index contributed by atoms with van der Waals surface area (Å²) in [6.45, 7) is 5.42. The van der Waals surface area contributed by atoms with Crippen LogP contribution >= 0.6 is 11.3 Å². The van der Waals surface area contributed by atoms with Gasteiger partial charge in [-0.15, -0.1) is 11.3 Å². The van der Waals surface area contributed by atoms with Gasteiger partial charge < -0.3 is 5.32 Å². The summed E-state index contributed by atoms with van der Waals surface area (Å²) in [4.78, 5) is 1.00. The summed E-state index contributed by atoms with van der Waals surface area (Å²) in [6.07, 6.45) is 0. The van der Waals surface area contributed by atoms with Gasteiger partial charge in [-0.05, 0) is 24.9 Å². The fourth-order valence-electron chi connectivity index (χ4n) is 1.96. The molecule has 0 aromatic carbocycles. The van der Waals surface area contributed by atoms with Crippen molar-refractivity contribution in [2.45, 2.75) is 32.0 Å². The number of thiophene rings is 1. The first-order valence-electron chi connectivity index (χ1n) is 6.70. The van der Waals surface area contributed by atoms with Gasteiger partial charge in [0.15, 0.2) is 5.03 Å². The molecule has 0 aliphatic heterocycles. The molecule has 2 aromatic heterocycles. The second kappa shape index (κ2) is 6.69. The summed E-state index contributed by atoms with van der Waals surface area (Å²) in [5.74, 6) is 0. The quantitative estimate of drug-likeness (QED) is 0.811. The van der Waals surface area contributed by atoms with E-state index in [1.165, 1.54) is 15.6 Å². The lowest BCUT2D eigenvalue weighted by atomic mass is 10.2. The van der Waals surface area contributed by atoms with Crippen LogP contribution in [-0.2, 0) is 23.1 Å². The fraction of sp³-hybridized carbons (Fsp3) is 0.462. The van der Waals surface area contributed by atoms with Crippen LogP contribution in [-0.4, -0.2) is 36.5 Å². The van der Waals surface area contributed by atoms with Crippen LogP contribution in [0.3, 0.4) is 0 Å². The Balaban J connectivity index is 2.26. The molecule has 0 bridgehead atoms. The van der Waals surface area contributed by atoms with Crippen molar-refractivity contribution >= 4 is 21.4 Å². The monoisotopic (exact) mass is 328 g/mol. The van der Waals surface area contributed by atoms with Gasteiger partial charge in [-0.1, -0.05) is 13.0 Å². The van der Waals surface area contributed by atoms with Crippen molar-refractivity contribution in [1.82, 2.24) is 19.8 Å². The van der Waals surface area contributed by atoms with Gasteiger partial charge in [0.25, 0.3) is 10.0 Å². The highest BCUT2D eigenvalue weighted by molar-refractivity contribution is 7.89. The molecule has 0 unspecified atom stereocenters. The largest absolute Gasteiger partial charge is 0.313 e. The van der Waals surface area contributed by atoms with E-state index < -0.39 is 10.0 Å². The number of nitrogens with zero attached hydrogens (tertiary/aromatic N) is 2. The zero-order valence-corrected chi connectivity index (χ0v) is 14.0. The number of hydrogen-bond acceptors (Lipinski definition) is 5. The number of rotatable bonds is 7. The summed E-state index contributed by atoms with van der Waals surface area (Å²) < 4.78 is 26.7. The molecule has 0 atom stereocenters. The molecule has 0 amide bonds. The van der Waals surface area contributed by atoms with Gasteiger partial charge in [0.05, 0.1) is 0 Å². The van der Waals surface area contributed by atoms with E-state index in [0.29, 0.717) is 18.7 Å². The van der Waals surface area contributed by atoms with Crippen molar-refractivity contribution in [3.63, 3.8) is 0 Å². The molecule has 0 aliphatic rings. The van der Waals surface area contributed by atoms with Crippen molar-refractivity contribution in [3.05, 3.63) is 33.6 Å². The molecule has 2 rings (SSSR count). The number of aryl methyl sites for hydroxylation is 1. The molecule has 0 aliphatic carbocycles. The predicted molar refractivity (Wildman–Crippen MR) is 83.7 cm³/mol. The topological polar surface area (TPSA) is 78.1 Å². The van der Waals surface area contributed by atoms with Crippen LogP contribution in [0, 0.1) is 6.92 Å². The summed E-state index contributed by atoms with van der Waals surface area (Å²) in [5, 5.41) is 12.0. The lowest BCUT2D eigenvalue weighted by molar-refractivity contribution is 0.465. The first-order valence-corrected chi connectivity index (χ1v) is 9.02. The van der Waals surface area contributed by atoms with Crippen LogP contribution in [0.1, 0.15) is 23.1 Å². The Morgan fingerprint density at radius 3 is 2.86 bits per heavy atom. The molecule has 2 heterocycles. The number of sulfonamides is 1. The molecular formula is C13H20N4O2S2. The third kappa shape index (κ3) is 3.52. The minimum absolute atomic E-state index is 0.111. The van der Waals surface area contributed by atoms with Crippen molar-refractivity contribution in [2.75, 3.05) is 13.6 Å². The van der Waals surface area contributed by atoms with E-state index in [2.05, 4.69) is 15.5 Å². The number of aromatic amines is 1. The minimum Gasteiger partial charge on any atom is -0.313 e. The van der Waals surface area contributed by atoms with Gasteiger partial charge in [-0.2, -0.15) is 9.40 Å². The van der Waals surface area contributed by atoms with Gasteiger partial charge in [-0.25, -0.2) is 8.42 Å². The van der Waals surface area contributed by atoms with Crippen molar-refractivity contribution in [2.24, 2.45) is 0 Å². The predicted octanol–water partition coefficient (Wildman–Crippen LogP) is 1.71. The molecule has 0 fully saturated rings. The summed E-state index contributed by atoms with van der Waals surface area (Å²) in [7, 11) is -2.02. The maximum Gasteiger partial charge on any atom is 0.262 e. The lowest BCUT2D eigenvalue weighted by Crippen LogP contribution is -2.28. The molecule has 6 nitrogen and oxygen atoms in total. The minimum atomic E-state index is -3.60. The van der Waals surface area contributed by atoms with Crippen LogP contribution in [0.4, 0.5) is 0 Å². The second-order valence-electron chi connectivity index (χ2n) is 4.75. The normalized spacial score (nSPS) is 12.2. The summed E-state index contributed by atoms with van der Waals surface area (Å²) in [6, 6.07) is 3.84. The van der Waals surface area contributed by atoms with Crippen molar-refractivity contribution in [3.8, 4) is 0 Å². The van der Waals surface area contributed by atoms with E-state index in [1.807, 2.05) is 31.4 Å². The lowest BCUT2D eigenvalue weighted by Gasteiger charge is -2.16. The molecule has 8 heteroatoms. The number of hydrogen-bond donors (Lipinski definition) is 2. The molecule has 0 spiro atoms. The highest BCUT2D eigenvalue weighted by Crippen LogP contribution is 2.22. The Hall–Kier alpha value is -1.22. The van der Waals surface area contributed by atoms with Crippen molar-refractivity contribution < 1.29 is 8.42 Å². The number of nitrogens with one attached hydrogen (secondary N) is 2. The van der Waals surface area contributed by atoms with Gasteiger partial charge in [0.1, 0.15) is 0 Å². The van der Waals surface area contributed by atoms with Gasteiger partial charge in [0, 0.05) is 36.3 Å². The Morgan fingerprint density at radius 2 is 2.24 bits per heavy atom. The first kappa shape index (κ1) is 16.2. The number of H-pyrrole nitrogens is 1. The smallest absolute Gasteiger partial charge is 0.262 e. The van der Waals surface area contributed by atoms with Crippen LogP contribution < -0.4 is 5.32 Å². The van der Waals surface area contributed by atoms with Gasteiger partial charge >= 0.3 is 0 Å². The van der Waals surface area contributed by atoms with Gasteiger partial charge in [-0.3, -0.25) is 5.10 Å². The second-order valence-corrected chi connectivity index (χ2v) is 7.75. The average Bonchev–Trinajstić information content (AvgIpc) is 3.06. The SMILES string of the molecule is CCNCc1c(S(=O)(=O)N(C)Cc2cccs2)n[nH]c1C.